The van der Waals surface area contributed by atoms with Gasteiger partial charge in [-0.05, 0) is 62.4 Å². The maximum atomic E-state index is 5.69. The molecule has 2 heteroatoms. The van der Waals surface area contributed by atoms with Crippen LogP contribution < -0.4 is 5.73 Å². The van der Waals surface area contributed by atoms with Crippen molar-refractivity contribution in [3.63, 3.8) is 0 Å². The summed E-state index contributed by atoms with van der Waals surface area (Å²) < 4.78 is 0. The molecule has 1 aliphatic heterocycles. The highest BCUT2D eigenvalue weighted by Crippen LogP contribution is 2.21. The van der Waals surface area contributed by atoms with Crippen LogP contribution in [0, 0.1) is 5.92 Å². The average Bonchev–Trinajstić information content (AvgIpc) is 2.80. The minimum atomic E-state index is 0.862. The van der Waals surface area contributed by atoms with E-state index in [2.05, 4.69) is 24.0 Å². The van der Waals surface area contributed by atoms with Crippen molar-refractivity contribution < 1.29 is 0 Å². The van der Waals surface area contributed by atoms with Crippen LogP contribution in [0.2, 0.25) is 0 Å². The fourth-order valence-electron chi connectivity index (χ4n) is 2.95. The van der Waals surface area contributed by atoms with E-state index in [9.17, 15) is 0 Å². The number of nitrogens with two attached hydrogens (primary N) is 1. The second-order valence-electron chi connectivity index (χ2n) is 5.59. The largest absolute Gasteiger partial charge is 0.399 e. The third-order valence-corrected chi connectivity index (χ3v) is 3.99. The molecule has 1 saturated heterocycles. The van der Waals surface area contributed by atoms with E-state index in [4.69, 9.17) is 5.73 Å². The van der Waals surface area contributed by atoms with Crippen LogP contribution in [-0.2, 0) is 6.42 Å². The lowest BCUT2D eigenvalue weighted by atomic mass is 10.0. The Morgan fingerprint density at radius 3 is 2.78 bits per heavy atom. The van der Waals surface area contributed by atoms with E-state index in [0.29, 0.717) is 0 Å². The van der Waals surface area contributed by atoms with Crippen molar-refractivity contribution in [3.8, 4) is 0 Å². The van der Waals surface area contributed by atoms with E-state index in [1.54, 1.807) is 0 Å². The molecule has 0 radical (unpaired) electrons. The molecule has 1 aliphatic rings. The van der Waals surface area contributed by atoms with E-state index < -0.39 is 0 Å². The Morgan fingerprint density at radius 1 is 1.28 bits per heavy atom. The number of benzene rings is 1. The first-order valence-electron chi connectivity index (χ1n) is 7.34. The Kier molecular flexibility index (Phi) is 5.06. The zero-order chi connectivity index (χ0) is 12.8. The predicted molar refractivity (Wildman–Crippen MR) is 78.6 cm³/mol. The van der Waals surface area contributed by atoms with Gasteiger partial charge in [0.05, 0.1) is 0 Å². The number of nitrogen functional groups attached to an aromatic ring is 1. The van der Waals surface area contributed by atoms with Crippen molar-refractivity contribution in [1.82, 2.24) is 4.90 Å². The van der Waals surface area contributed by atoms with Gasteiger partial charge in [0.15, 0.2) is 0 Å². The number of aryl methyl sites for hydroxylation is 1. The topological polar surface area (TPSA) is 29.3 Å². The van der Waals surface area contributed by atoms with Crippen LogP contribution in [-0.4, -0.2) is 24.5 Å². The van der Waals surface area contributed by atoms with Crippen LogP contribution in [0.4, 0.5) is 5.69 Å². The van der Waals surface area contributed by atoms with Gasteiger partial charge < -0.3 is 10.6 Å². The van der Waals surface area contributed by atoms with Gasteiger partial charge in [-0.2, -0.15) is 0 Å². The monoisotopic (exact) mass is 246 g/mol. The number of nitrogens with zero attached hydrogens (tertiary/aromatic N) is 1. The minimum absolute atomic E-state index is 0.862. The van der Waals surface area contributed by atoms with Crippen molar-refractivity contribution in [3.05, 3.63) is 29.8 Å². The highest BCUT2D eigenvalue weighted by molar-refractivity contribution is 5.39. The lowest BCUT2D eigenvalue weighted by Crippen LogP contribution is -2.22. The quantitative estimate of drug-likeness (QED) is 0.780. The highest BCUT2D eigenvalue weighted by Gasteiger charge is 2.20. The molecular weight excluding hydrogens is 220 g/mol. The molecule has 18 heavy (non-hydrogen) atoms. The first-order valence-corrected chi connectivity index (χ1v) is 7.34. The fraction of sp³-hybridized carbons (Fsp3) is 0.625. The van der Waals surface area contributed by atoms with Gasteiger partial charge in [-0.1, -0.05) is 25.5 Å². The first kappa shape index (κ1) is 13.4. The van der Waals surface area contributed by atoms with Crippen LogP contribution in [0.15, 0.2) is 24.3 Å². The van der Waals surface area contributed by atoms with Crippen molar-refractivity contribution in [1.29, 1.82) is 0 Å². The third kappa shape index (κ3) is 4.02. The molecule has 1 aromatic carbocycles. The molecule has 0 saturated carbocycles. The summed E-state index contributed by atoms with van der Waals surface area (Å²) in [6.07, 6.45) is 6.60. The molecule has 2 N–H and O–H groups in total. The normalized spacial score (nSPS) is 20.4. The number of rotatable bonds is 6. The number of anilines is 1. The van der Waals surface area contributed by atoms with E-state index in [1.165, 1.54) is 57.3 Å². The summed E-state index contributed by atoms with van der Waals surface area (Å²) in [7, 11) is 0. The summed E-state index contributed by atoms with van der Waals surface area (Å²) in [5, 5.41) is 0. The first-order chi connectivity index (χ1) is 8.78. The van der Waals surface area contributed by atoms with Crippen LogP contribution in [0.3, 0.4) is 0 Å². The number of hydrogen-bond donors (Lipinski definition) is 1. The average molecular weight is 246 g/mol. The van der Waals surface area contributed by atoms with Crippen molar-refractivity contribution in [2.45, 2.75) is 39.0 Å². The zero-order valence-corrected chi connectivity index (χ0v) is 11.6. The Labute approximate surface area is 111 Å². The number of likely N-dealkylation sites (tertiary alicyclic amines) is 1. The Hall–Kier alpha value is -1.02. The summed E-state index contributed by atoms with van der Waals surface area (Å²) in [6, 6.07) is 8.31. The van der Waals surface area contributed by atoms with Crippen LogP contribution in [0.25, 0.3) is 0 Å². The molecule has 0 spiro atoms. The summed E-state index contributed by atoms with van der Waals surface area (Å²) in [6.45, 7) is 6.19. The molecule has 1 fully saturated rings. The summed E-state index contributed by atoms with van der Waals surface area (Å²) in [5.41, 5.74) is 7.96. The lowest BCUT2D eigenvalue weighted by molar-refractivity contribution is 0.316. The van der Waals surface area contributed by atoms with E-state index >= 15 is 0 Å². The van der Waals surface area contributed by atoms with Crippen LogP contribution in [0.5, 0.6) is 0 Å². The second-order valence-corrected chi connectivity index (χ2v) is 5.59. The molecule has 0 amide bonds. The predicted octanol–water partition coefficient (Wildman–Crippen LogP) is 3.32. The molecule has 1 unspecified atom stereocenters. The van der Waals surface area contributed by atoms with E-state index in [-0.39, 0.29) is 0 Å². The zero-order valence-electron chi connectivity index (χ0n) is 11.6. The molecule has 0 aromatic heterocycles. The summed E-state index contributed by atoms with van der Waals surface area (Å²) >= 11 is 0. The van der Waals surface area contributed by atoms with Gasteiger partial charge in [0.2, 0.25) is 0 Å². The van der Waals surface area contributed by atoms with Crippen molar-refractivity contribution in [2.24, 2.45) is 5.92 Å². The standard InChI is InChI=1S/C16H26N2/c1-2-4-15-10-12-18(13-15)11-3-5-14-6-8-16(17)9-7-14/h6-9,15H,2-5,10-13,17H2,1H3. The Balaban J connectivity index is 1.65. The Bertz CT molecular complexity index is 345. The smallest absolute Gasteiger partial charge is 0.0314 e. The lowest BCUT2D eigenvalue weighted by Gasteiger charge is -2.15. The minimum Gasteiger partial charge on any atom is -0.399 e. The van der Waals surface area contributed by atoms with Gasteiger partial charge in [-0.15, -0.1) is 0 Å². The summed E-state index contributed by atoms with van der Waals surface area (Å²) in [4.78, 5) is 2.64. The van der Waals surface area contributed by atoms with Gasteiger partial charge in [-0.3, -0.25) is 0 Å². The van der Waals surface area contributed by atoms with Crippen molar-refractivity contribution >= 4 is 5.69 Å². The second kappa shape index (κ2) is 6.79. The highest BCUT2D eigenvalue weighted by atomic mass is 15.1. The third-order valence-electron chi connectivity index (χ3n) is 3.99. The van der Waals surface area contributed by atoms with Gasteiger partial charge in [0, 0.05) is 12.2 Å². The molecule has 2 nitrogen and oxygen atoms in total. The maximum absolute atomic E-state index is 5.69. The molecule has 0 aliphatic carbocycles. The van der Waals surface area contributed by atoms with Gasteiger partial charge in [0.25, 0.3) is 0 Å². The Morgan fingerprint density at radius 2 is 2.06 bits per heavy atom. The molecular formula is C16H26N2. The molecule has 100 valence electrons. The van der Waals surface area contributed by atoms with Crippen molar-refractivity contribution in [2.75, 3.05) is 25.4 Å². The van der Waals surface area contributed by atoms with E-state index in [0.717, 1.165) is 11.6 Å². The molecule has 0 bridgehead atoms. The SMILES string of the molecule is CCCC1CCN(CCCc2ccc(N)cc2)C1. The van der Waals surface area contributed by atoms with E-state index in [1.807, 2.05) is 12.1 Å². The van der Waals surface area contributed by atoms with Crippen LogP contribution >= 0.6 is 0 Å². The molecule has 2 rings (SSSR count). The molecule has 1 atom stereocenters. The fourth-order valence-corrected chi connectivity index (χ4v) is 2.95. The maximum Gasteiger partial charge on any atom is 0.0314 e. The van der Waals surface area contributed by atoms with Gasteiger partial charge >= 0.3 is 0 Å². The number of hydrogen-bond acceptors (Lipinski definition) is 2. The van der Waals surface area contributed by atoms with Gasteiger partial charge in [-0.25, -0.2) is 0 Å². The molecule has 1 aromatic rings. The van der Waals surface area contributed by atoms with Gasteiger partial charge in [0.1, 0.15) is 0 Å². The van der Waals surface area contributed by atoms with Crippen LogP contribution in [0.1, 0.15) is 38.2 Å². The molecule has 1 heterocycles. The summed E-state index contributed by atoms with van der Waals surface area (Å²) in [5.74, 6) is 0.964.